The molecule has 2 heterocycles. The first-order chi connectivity index (χ1) is 10.8. The third kappa shape index (κ3) is 3.57. The molecular formula is C18H25N3O. The molecule has 0 saturated carbocycles. The number of imidazole rings is 1. The van der Waals surface area contributed by atoms with Crippen LogP contribution in [0.5, 0.6) is 0 Å². The molecule has 1 aliphatic rings. The Labute approximate surface area is 132 Å². The van der Waals surface area contributed by atoms with Crippen molar-refractivity contribution in [3.8, 4) is 11.3 Å². The molecule has 2 aromatic rings. The van der Waals surface area contributed by atoms with Gasteiger partial charge >= 0.3 is 0 Å². The Morgan fingerprint density at radius 3 is 2.95 bits per heavy atom. The van der Waals surface area contributed by atoms with Crippen molar-refractivity contribution in [3.05, 3.63) is 42.4 Å². The normalized spacial score (nSPS) is 20.9. The van der Waals surface area contributed by atoms with Crippen LogP contribution in [-0.4, -0.2) is 45.7 Å². The number of hydrogen-bond donors (Lipinski definition) is 2. The molecule has 0 aliphatic carbocycles. The molecule has 0 unspecified atom stereocenters. The summed E-state index contributed by atoms with van der Waals surface area (Å²) in [5, 5.41) is 9.85. The van der Waals surface area contributed by atoms with Gasteiger partial charge in [-0.3, -0.25) is 0 Å². The largest absolute Gasteiger partial charge is 0.392 e. The highest BCUT2D eigenvalue weighted by Crippen LogP contribution is 2.27. The van der Waals surface area contributed by atoms with Gasteiger partial charge < -0.3 is 15.0 Å². The van der Waals surface area contributed by atoms with Crippen LogP contribution in [0.3, 0.4) is 0 Å². The Balaban J connectivity index is 1.68. The lowest BCUT2D eigenvalue weighted by Gasteiger charge is -2.32. The summed E-state index contributed by atoms with van der Waals surface area (Å²) in [6, 6.07) is 10.3. The molecule has 0 radical (unpaired) electrons. The highest BCUT2D eigenvalue weighted by molar-refractivity contribution is 5.58. The van der Waals surface area contributed by atoms with Gasteiger partial charge in [-0.05, 0) is 31.4 Å². The van der Waals surface area contributed by atoms with Crippen molar-refractivity contribution >= 4 is 0 Å². The van der Waals surface area contributed by atoms with Gasteiger partial charge in [0, 0.05) is 19.0 Å². The summed E-state index contributed by atoms with van der Waals surface area (Å²) in [7, 11) is 0. The molecule has 1 fully saturated rings. The van der Waals surface area contributed by atoms with Crippen molar-refractivity contribution < 1.29 is 5.11 Å². The molecule has 118 valence electrons. The highest BCUT2D eigenvalue weighted by atomic mass is 16.3. The topological polar surface area (TPSA) is 52.1 Å². The Bertz CT molecular complexity index is 581. The molecule has 0 amide bonds. The minimum atomic E-state index is -0.213. The summed E-state index contributed by atoms with van der Waals surface area (Å²) < 4.78 is 0. The quantitative estimate of drug-likeness (QED) is 0.892. The third-order valence-corrected chi connectivity index (χ3v) is 4.51. The van der Waals surface area contributed by atoms with Crippen LogP contribution in [0.15, 0.2) is 36.5 Å². The Morgan fingerprint density at radius 2 is 2.18 bits per heavy atom. The van der Waals surface area contributed by atoms with E-state index in [1.54, 1.807) is 0 Å². The average molecular weight is 299 g/mol. The first-order valence-corrected chi connectivity index (χ1v) is 8.27. The van der Waals surface area contributed by atoms with Crippen LogP contribution in [0.1, 0.15) is 37.9 Å². The summed E-state index contributed by atoms with van der Waals surface area (Å²) in [5.41, 5.74) is 2.26. The molecule has 22 heavy (non-hydrogen) atoms. The van der Waals surface area contributed by atoms with Crippen LogP contribution in [0.4, 0.5) is 0 Å². The van der Waals surface area contributed by atoms with Crippen molar-refractivity contribution in [3.63, 3.8) is 0 Å². The number of H-pyrrole nitrogens is 1. The zero-order valence-corrected chi connectivity index (χ0v) is 13.2. The molecule has 1 saturated heterocycles. The molecule has 2 atom stereocenters. The minimum Gasteiger partial charge on any atom is -0.392 e. The number of aliphatic hydroxyl groups excluding tert-OH is 1. The maximum Gasteiger partial charge on any atom is 0.110 e. The molecular weight excluding hydrogens is 274 g/mol. The maximum absolute atomic E-state index is 9.85. The van der Waals surface area contributed by atoms with Crippen LogP contribution in [0.2, 0.25) is 0 Å². The monoisotopic (exact) mass is 299 g/mol. The number of piperidine rings is 1. The number of hydrogen-bond acceptors (Lipinski definition) is 3. The van der Waals surface area contributed by atoms with E-state index in [4.69, 9.17) is 0 Å². The van der Waals surface area contributed by atoms with Gasteiger partial charge in [-0.1, -0.05) is 37.3 Å². The zero-order valence-electron chi connectivity index (χ0n) is 13.2. The van der Waals surface area contributed by atoms with Crippen LogP contribution >= 0.6 is 0 Å². The van der Waals surface area contributed by atoms with Crippen molar-refractivity contribution in [2.24, 2.45) is 0 Å². The van der Waals surface area contributed by atoms with Gasteiger partial charge in [0.1, 0.15) is 5.82 Å². The number of rotatable bonds is 5. The summed E-state index contributed by atoms with van der Waals surface area (Å²) >= 11 is 0. The van der Waals surface area contributed by atoms with Crippen LogP contribution in [0, 0.1) is 0 Å². The minimum absolute atomic E-state index is 0.213. The molecule has 1 aromatic heterocycles. The van der Waals surface area contributed by atoms with E-state index >= 15 is 0 Å². The third-order valence-electron chi connectivity index (χ3n) is 4.51. The number of nitrogens with zero attached hydrogens (tertiary/aromatic N) is 2. The van der Waals surface area contributed by atoms with Crippen LogP contribution < -0.4 is 0 Å². The summed E-state index contributed by atoms with van der Waals surface area (Å²) in [4.78, 5) is 10.5. The van der Waals surface area contributed by atoms with E-state index in [-0.39, 0.29) is 6.10 Å². The molecule has 1 aliphatic heterocycles. The molecule has 1 aromatic carbocycles. The first kappa shape index (κ1) is 15.3. The fourth-order valence-electron chi connectivity index (χ4n) is 3.18. The lowest BCUT2D eigenvalue weighted by molar-refractivity contribution is 0.0919. The standard InChI is InChI=1S/C18H25N3O/c1-2-16(22)13-21-10-6-9-15(12-21)18-19-11-17(20-18)14-7-4-3-5-8-14/h3-5,7-8,11,15-16,22H,2,6,9-10,12-13H2,1H3,(H,19,20)/t15-,16-/m0/s1. The zero-order chi connectivity index (χ0) is 15.4. The number of benzene rings is 1. The second-order valence-electron chi connectivity index (χ2n) is 6.21. The fourth-order valence-corrected chi connectivity index (χ4v) is 3.18. The van der Waals surface area contributed by atoms with E-state index in [0.717, 1.165) is 37.6 Å². The van der Waals surface area contributed by atoms with Gasteiger partial charge in [0.05, 0.1) is 18.0 Å². The van der Waals surface area contributed by atoms with Crippen LogP contribution in [0.25, 0.3) is 11.3 Å². The molecule has 0 bridgehead atoms. The highest BCUT2D eigenvalue weighted by Gasteiger charge is 2.24. The van der Waals surface area contributed by atoms with Gasteiger partial charge in [-0.2, -0.15) is 0 Å². The first-order valence-electron chi connectivity index (χ1n) is 8.27. The average Bonchev–Trinajstić information content (AvgIpc) is 3.06. The predicted octanol–water partition coefficient (Wildman–Crippen LogP) is 3.03. The molecule has 4 heteroatoms. The Kier molecular flexibility index (Phi) is 4.90. The number of aromatic nitrogens is 2. The lowest BCUT2D eigenvalue weighted by atomic mass is 9.97. The van der Waals surface area contributed by atoms with E-state index in [9.17, 15) is 5.11 Å². The summed E-state index contributed by atoms with van der Waals surface area (Å²) in [5.74, 6) is 1.52. The second kappa shape index (κ2) is 7.07. The van der Waals surface area contributed by atoms with E-state index in [1.807, 2.05) is 31.3 Å². The molecule has 0 spiro atoms. The number of β-amino-alcohol motifs (C(OH)–C–C–N with tert-alkyl or cyclic N) is 1. The molecule has 3 rings (SSSR count). The maximum atomic E-state index is 9.85. The van der Waals surface area contributed by atoms with E-state index in [1.165, 1.54) is 18.4 Å². The lowest BCUT2D eigenvalue weighted by Crippen LogP contribution is -2.39. The number of nitrogens with one attached hydrogen (secondary N) is 1. The van der Waals surface area contributed by atoms with Crippen molar-refractivity contribution in [2.75, 3.05) is 19.6 Å². The van der Waals surface area contributed by atoms with Gasteiger partial charge in [0.25, 0.3) is 0 Å². The Morgan fingerprint density at radius 1 is 1.36 bits per heavy atom. The van der Waals surface area contributed by atoms with Crippen molar-refractivity contribution in [1.29, 1.82) is 0 Å². The molecule has 4 nitrogen and oxygen atoms in total. The smallest absolute Gasteiger partial charge is 0.110 e. The van der Waals surface area contributed by atoms with Crippen molar-refractivity contribution in [2.45, 2.75) is 38.2 Å². The SMILES string of the molecule is CC[C@H](O)CN1CCC[C@H](c2ncc(-c3ccccc3)[nH]2)C1. The fraction of sp³-hybridized carbons (Fsp3) is 0.500. The van der Waals surface area contributed by atoms with E-state index in [0.29, 0.717) is 5.92 Å². The number of aromatic amines is 1. The van der Waals surface area contributed by atoms with Gasteiger partial charge in [-0.15, -0.1) is 0 Å². The summed E-state index contributed by atoms with van der Waals surface area (Å²) in [6.45, 7) is 4.88. The van der Waals surface area contributed by atoms with Gasteiger partial charge in [-0.25, -0.2) is 4.98 Å². The predicted molar refractivity (Wildman–Crippen MR) is 88.7 cm³/mol. The molecule has 2 N–H and O–H groups in total. The number of likely N-dealkylation sites (tertiary alicyclic amines) is 1. The van der Waals surface area contributed by atoms with Gasteiger partial charge in [0.2, 0.25) is 0 Å². The van der Waals surface area contributed by atoms with Crippen molar-refractivity contribution in [1.82, 2.24) is 14.9 Å². The van der Waals surface area contributed by atoms with E-state index < -0.39 is 0 Å². The number of aliphatic hydroxyl groups is 1. The van der Waals surface area contributed by atoms with Crippen LogP contribution in [-0.2, 0) is 0 Å². The van der Waals surface area contributed by atoms with E-state index in [2.05, 4.69) is 27.0 Å². The summed E-state index contributed by atoms with van der Waals surface area (Å²) in [6.07, 6.45) is 4.88. The van der Waals surface area contributed by atoms with Gasteiger partial charge in [0.15, 0.2) is 0 Å². The second-order valence-corrected chi connectivity index (χ2v) is 6.21. The Hall–Kier alpha value is -1.65.